The van der Waals surface area contributed by atoms with E-state index >= 15 is 0 Å². The van der Waals surface area contributed by atoms with Crippen LogP contribution in [0.4, 0.5) is 0 Å². The monoisotopic (exact) mass is 320 g/mol. The molecule has 1 saturated heterocycles. The van der Waals surface area contributed by atoms with Gasteiger partial charge in [0.1, 0.15) is 0 Å². The number of carbonyl (C=O) groups excluding carboxylic acids is 1. The minimum atomic E-state index is 0.331. The fourth-order valence-electron chi connectivity index (χ4n) is 5.48. The Balaban J connectivity index is 1.28. The average Bonchev–Trinajstić information content (AvgIpc) is 3.15. The summed E-state index contributed by atoms with van der Waals surface area (Å²) in [6.45, 7) is 4.84. The van der Waals surface area contributed by atoms with Gasteiger partial charge in [-0.2, -0.15) is 0 Å². The van der Waals surface area contributed by atoms with Crippen molar-refractivity contribution in [2.75, 3.05) is 19.7 Å². The van der Waals surface area contributed by atoms with Gasteiger partial charge in [-0.25, -0.2) is 0 Å². The van der Waals surface area contributed by atoms with E-state index in [1.807, 2.05) is 0 Å². The van der Waals surface area contributed by atoms with Crippen molar-refractivity contribution in [2.45, 2.75) is 82.9 Å². The number of amides is 1. The van der Waals surface area contributed by atoms with E-state index in [4.69, 9.17) is 4.74 Å². The summed E-state index contributed by atoms with van der Waals surface area (Å²) in [5.74, 6) is 0.767. The van der Waals surface area contributed by atoms with Crippen molar-refractivity contribution in [2.24, 2.45) is 11.3 Å². The van der Waals surface area contributed by atoms with Crippen LogP contribution in [-0.4, -0.2) is 48.7 Å². The fraction of sp³-hybridized carbons (Fsp3) is 0.947. The second-order valence-corrected chi connectivity index (χ2v) is 8.24. The molecule has 3 aliphatic carbocycles. The Hall–Kier alpha value is -0.610. The van der Waals surface area contributed by atoms with Crippen molar-refractivity contribution in [3.63, 3.8) is 0 Å². The van der Waals surface area contributed by atoms with Crippen LogP contribution in [0.1, 0.15) is 64.7 Å². The lowest BCUT2D eigenvalue weighted by Gasteiger charge is -2.61. The maximum Gasteiger partial charge on any atom is 0.225 e. The largest absolute Gasteiger partial charge is 0.378 e. The van der Waals surface area contributed by atoms with Gasteiger partial charge in [-0.3, -0.25) is 4.79 Å². The van der Waals surface area contributed by atoms with Crippen molar-refractivity contribution in [1.82, 2.24) is 10.2 Å². The number of hydrogen-bond acceptors (Lipinski definition) is 3. The number of rotatable bonds is 5. The summed E-state index contributed by atoms with van der Waals surface area (Å²) in [5, 5.41) is 3.90. The van der Waals surface area contributed by atoms with Crippen LogP contribution in [0, 0.1) is 11.3 Å². The second kappa shape index (κ2) is 6.36. The molecule has 1 spiro atoms. The first-order valence-corrected chi connectivity index (χ1v) is 9.89. The molecule has 0 aromatic carbocycles. The summed E-state index contributed by atoms with van der Waals surface area (Å²) in [7, 11) is 0. The van der Waals surface area contributed by atoms with E-state index in [2.05, 4.69) is 17.1 Å². The van der Waals surface area contributed by atoms with Crippen LogP contribution in [0.5, 0.6) is 0 Å². The van der Waals surface area contributed by atoms with Gasteiger partial charge in [0, 0.05) is 43.1 Å². The van der Waals surface area contributed by atoms with Gasteiger partial charge < -0.3 is 15.0 Å². The van der Waals surface area contributed by atoms with Crippen LogP contribution >= 0.6 is 0 Å². The predicted octanol–water partition coefficient (Wildman–Crippen LogP) is 2.71. The molecule has 3 saturated carbocycles. The molecule has 4 nitrogen and oxygen atoms in total. The van der Waals surface area contributed by atoms with E-state index in [0.717, 1.165) is 39.0 Å². The highest BCUT2D eigenvalue weighted by Gasteiger charge is 2.59. The Morgan fingerprint density at radius 2 is 2.00 bits per heavy atom. The van der Waals surface area contributed by atoms with E-state index in [9.17, 15) is 4.79 Å². The second-order valence-electron chi connectivity index (χ2n) is 8.24. The molecule has 3 atom stereocenters. The summed E-state index contributed by atoms with van der Waals surface area (Å²) < 4.78 is 5.95. The molecule has 130 valence electrons. The normalized spacial score (nSPS) is 36.2. The molecular weight excluding hydrogens is 288 g/mol. The zero-order valence-corrected chi connectivity index (χ0v) is 14.6. The average molecular weight is 320 g/mol. The van der Waals surface area contributed by atoms with Crippen molar-refractivity contribution >= 4 is 5.91 Å². The molecule has 0 bridgehead atoms. The molecule has 0 radical (unpaired) electrons. The first kappa shape index (κ1) is 15.9. The highest BCUT2D eigenvalue weighted by Crippen LogP contribution is 2.57. The standard InChI is InChI=1S/C19H32N2O2/c1-2-23-17-12-16(19(17)9-5-10-19)20-15-8-11-21(13-15)18(22)14-6-3-4-7-14/h14-17,20H,2-13H2,1H3/t15-,16+,17-/m1/s1. The van der Waals surface area contributed by atoms with Crippen LogP contribution in [-0.2, 0) is 9.53 Å². The topological polar surface area (TPSA) is 41.6 Å². The van der Waals surface area contributed by atoms with E-state index in [1.54, 1.807) is 0 Å². The summed E-state index contributed by atoms with van der Waals surface area (Å²) >= 11 is 0. The molecule has 1 heterocycles. The molecule has 4 heteroatoms. The van der Waals surface area contributed by atoms with E-state index in [-0.39, 0.29) is 0 Å². The summed E-state index contributed by atoms with van der Waals surface area (Å²) in [5.41, 5.74) is 0.429. The molecule has 23 heavy (non-hydrogen) atoms. The van der Waals surface area contributed by atoms with Crippen LogP contribution in [0.25, 0.3) is 0 Å². The number of ether oxygens (including phenoxy) is 1. The molecule has 0 aromatic rings. The highest BCUT2D eigenvalue weighted by atomic mass is 16.5. The van der Waals surface area contributed by atoms with Crippen molar-refractivity contribution < 1.29 is 9.53 Å². The SMILES string of the molecule is CCO[C@@H]1C[C@H](N[C@@H]2CCN(C(=O)C3CCCC3)C2)C12CCC2. The van der Waals surface area contributed by atoms with E-state index in [0.29, 0.717) is 35.4 Å². The lowest BCUT2D eigenvalue weighted by atomic mass is 9.51. The minimum Gasteiger partial charge on any atom is -0.378 e. The fourth-order valence-corrected chi connectivity index (χ4v) is 5.48. The molecule has 1 amide bonds. The zero-order valence-electron chi connectivity index (χ0n) is 14.6. The molecule has 0 aromatic heterocycles. The van der Waals surface area contributed by atoms with Gasteiger partial charge >= 0.3 is 0 Å². The Morgan fingerprint density at radius 3 is 2.65 bits per heavy atom. The minimum absolute atomic E-state index is 0.331. The Labute approximate surface area is 140 Å². The molecule has 4 aliphatic rings. The number of likely N-dealkylation sites (tertiary alicyclic amines) is 1. The Bertz CT molecular complexity index is 443. The third kappa shape index (κ3) is 2.72. The van der Waals surface area contributed by atoms with Gasteiger partial charge in [0.05, 0.1) is 6.10 Å². The van der Waals surface area contributed by atoms with Gasteiger partial charge in [0.2, 0.25) is 5.91 Å². The van der Waals surface area contributed by atoms with Crippen molar-refractivity contribution in [1.29, 1.82) is 0 Å². The smallest absolute Gasteiger partial charge is 0.225 e. The highest BCUT2D eigenvalue weighted by molar-refractivity contribution is 5.79. The third-order valence-corrected chi connectivity index (χ3v) is 7.08. The Morgan fingerprint density at radius 1 is 1.22 bits per heavy atom. The van der Waals surface area contributed by atoms with Gasteiger partial charge in [0.25, 0.3) is 0 Å². The molecule has 4 fully saturated rings. The summed E-state index contributed by atoms with van der Waals surface area (Å²) in [6, 6.07) is 1.13. The zero-order chi connectivity index (χ0) is 15.9. The molecule has 4 rings (SSSR count). The summed E-state index contributed by atoms with van der Waals surface area (Å²) in [4.78, 5) is 14.7. The maximum absolute atomic E-state index is 12.6. The number of nitrogens with one attached hydrogen (secondary N) is 1. The van der Waals surface area contributed by atoms with Gasteiger partial charge in [-0.1, -0.05) is 19.3 Å². The molecule has 1 aliphatic heterocycles. The molecule has 0 unspecified atom stereocenters. The first-order chi connectivity index (χ1) is 11.2. The van der Waals surface area contributed by atoms with Gasteiger partial charge in [0.15, 0.2) is 0 Å². The van der Waals surface area contributed by atoms with Crippen molar-refractivity contribution in [3.8, 4) is 0 Å². The van der Waals surface area contributed by atoms with Crippen molar-refractivity contribution in [3.05, 3.63) is 0 Å². The Kier molecular flexibility index (Phi) is 4.39. The van der Waals surface area contributed by atoms with E-state index < -0.39 is 0 Å². The number of hydrogen-bond donors (Lipinski definition) is 1. The summed E-state index contributed by atoms with van der Waals surface area (Å²) in [6.07, 6.45) is 11.5. The van der Waals surface area contributed by atoms with Crippen LogP contribution in [0.15, 0.2) is 0 Å². The van der Waals surface area contributed by atoms with Crippen LogP contribution in [0.3, 0.4) is 0 Å². The lowest BCUT2D eigenvalue weighted by Crippen LogP contribution is -2.68. The maximum atomic E-state index is 12.6. The van der Waals surface area contributed by atoms with Gasteiger partial charge in [-0.15, -0.1) is 0 Å². The first-order valence-electron chi connectivity index (χ1n) is 9.89. The van der Waals surface area contributed by atoms with Crippen LogP contribution in [0.2, 0.25) is 0 Å². The lowest BCUT2D eigenvalue weighted by molar-refractivity contribution is -0.174. The third-order valence-electron chi connectivity index (χ3n) is 7.08. The number of carbonyl (C=O) groups is 1. The molecular formula is C19H32N2O2. The molecule has 1 N–H and O–H groups in total. The van der Waals surface area contributed by atoms with Crippen LogP contribution < -0.4 is 5.32 Å². The van der Waals surface area contributed by atoms with Gasteiger partial charge in [-0.05, 0) is 45.4 Å². The van der Waals surface area contributed by atoms with E-state index in [1.165, 1.54) is 38.5 Å². The predicted molar refractivity (Wildman–Crippen MR) is 90.2 cm³/mol. The quantitative estimate of drug-likeness (QED) is 0.847. The number of nitrogens with zero attached hydrogens (tertiary/aromatic N) is 1.